The maximum absolute atomic E-state index is 13.1. The first-order valence-corrected chi connectivity index (χ1v) is 10.7. The third-order valence-electron chi connectivity index (χ3n) is 4.85. The summed E-state index contributed by atoms with van der Waals surface area (Å²) in [6.45, 7) is 0. The highest BCUT2D eigenvalue weighted by atomic mass is 35.5. The standard InChI is InChI=1S/C24H18Cl2N4O4/c1-34-21-8-3-2-7-18(21)28-23(32)24(33)29-30-19-10-9-16(26)11-14(19)12-20(30)22(31)27-17-6-4-5-15(25)13-17/h2-13H,1H3,(H,27,31)(H,28,32)(H,29,33). The first kappa shape index (κ1) is 23.2. The minimum absolute atomic E-state index is 0.0793. The van der Waals surface area contributed by atoms with Crippen LogP contribution in [-0.2, 0) is 9.59 Å². The van der Waals surface area contributed by atoms with Crippen LogP contribution in [0.4, 0.5) is 11.4 Å². The summed E-state index contributed by atoms with van der Waals surface area (Å²) >= 11 is 12.1. The van der Waals surface area contributed by atoms with E-state index in [1.807, 2.05) is 0 Å². The molecule has 172 valence electrons. The van der Waals surface area contributed by atoms with Crippen LogP contribution in [0, 0.1) is 0 Å². The number of para-hydroxylation sites is 2. The van der Waals surface area contributed by atoms with Crippen molar-refractivity contribution < 1.29 is 19.1 Å². The third-order valence-corrected chi connectivity index (χ3v) is 5.32. The third kappa shape index (κ3) is 4.98. The van der Waals surface area contributed by atoms with Gasteiger partial charge < -0.3 is 15.4 Å². The van der Waals surface area contributed by atoms with Gasteiger partial charge in [-0.15, -0.1) is 0 Å². The van der Waals surface area contributed by atoms with Gasteiger partial charge in [0.2, 0.25) is 0 Å². The Bertz CT molecular complexity index is 1420. The van der Waals surface area contributed by atoms with Gasteiger partial charge in [-0.3, -0.25) is 19.8 Å². The Kier molecular flexibility index (Phi) is 6.72. The van der Waals surface area contributed by atoms with E-state index in [0.717, 1.165) is 0 Å². The molecule has 4 aromatic rings. The van der Waals surface area contributed by atoms with E-state index in [0.29, 0.717) is 38.1 Å². The lowest BCUT2D eigenvalue weighted by molar-refractivity contribution is -0.133. The van der Waals surface area contributed by atoms with Gasteiger partial charge in [-0.25, -0.2) is 4.68 Å². The molecule has 0 bridgehead atoms. The van der Waals surface area contributed by atoms with Crippen molar-refractivity contribution in [2.24, 2.45) is 0 Å². The molecule has 10 heteroatoms. The fourth-order valence-electron chi connectivity index (χ4n) is 3.31. The summed E-state index contributed by atoms with van der Waals surface area (Å²) in [7, 11) is 1.45. The number of carbonyl (C=O) groups is 3. The molecule has 1 heterocycles. The maximum atomic E-state index is 13.1. The van der Waals surface area contributed by atoms with E-state index in [1.165, 1.54) is 11.8 Å². The topological polar surface area (TPSA) is 101 Å². The zero-order valence-corrected chi connectivity index (χ0v) is 19.3. The molecule has 4 rings (SSSR count). The molecule has 3 amide bonds. The fourth-order valence-corrected chi connectivity index (χ4v) is 3.69. The lowest BCUT2D eigenvalue weighted by Gasteiger charge is -2.13. The highest BCUT2D eigenvalue weighted by molar-refractivity contribution is 6.42. The number of amides is 3. The molecular formula is C24H18Cl2N4O4. The van der Waals surface area contributed by atoms with E-state index in [9.17, 15) is 14.4 Å². The van der Waals surface area contributed by atoms with E-state index >= 15 is 0 Å². The second kappa shape index (κ2) is 9.86. The molecule has 0 unspecified atom stereocenters. The SMILES string of the molecule is COc1ccccc1NC(=O)C(=O)Nn1c(C(=O)Nc2cccc(Cl)c2)cc2cc(Cl)ccc21. The Morgan fingerprint density at radius 3 is 2.35 bits per heavy atom. The summed E-state index contributed by atoms with van der Waals surface area (Å²) in [5, 5.41) is 6.72. The Balaban J connectivity index is 1.63. The van der Waals surface area contributed by atoms with Crippen LogP contribution in [0.15, 0.2) is 72.8 Å². The number of aromatic nitrogens is 1. The molecule has 34 heavy (non-hydrogen) atoms. The molecule has 0 fully saturated rings. The number of hydrogen-bond donors (Lipinski definition) is 3. The van der Waals surface area contributed by atoms with E-state index < -0.39 is 17.7 Å². The van der Waals surface area contributed by atoms with Crippen molar-refractivity contribution >= 4 is 63.2 Å². The Morgan fingerprint density at radius 2 is 1.59 bits per heavy atom. The van der Waals surface area contributed by atoms with Gasteiger partial charge in [0.15, 0.2) is 0 Å². The van der Waals surface area contributed by atoms with Crippen molar-refractivity contribution in [1.82, 2.24) is 4.68 Å². The number of carbonyl (C=O) groups excluding carboxylic acids is 3. The normalized spacial score (nSPS) is 10.6. The van der Waals surface area contributed by atoms with Gasteiger partial charge in [0.05, 0.1) is 18.3 Å². The van der Waals surface area contributed by atoms with Crippen LogP contribution in [0.2, 0.25) is 10.0 Å². The zero-order valence-electron chi connectivity index (χ0n) is 17.8. The van der Waals surface area contributed by atoms with Gasteiger partial charge >= 0.3 is 11.8 Å². The number of benzene rings is 3. The number of hydrogen-bond acceptors (Lipinski definition) is 4. The monoisotopic (exact) mass is 496 g/mol. The molecule has 0 radical (unpaired) electrons. The molecule has 8 nitrogen and oxygen atoms in total. The average molecular weight is 497 g/mol. The van der Waals surface area contributed by atoms with Crippen molar-refractivity contribution in [1.29, 1.82) is 0 Å². The number of methoxy groups -OCH3 is 1. The average Bonchev–Trinajstić information content (AvgIpc) is 3.16. The Labute approximate surface area is 204 Å². The lowest BCUT2D eigenvalue weighted by Crippen LogP contribution is -2.36. The van der Waals surface area contributed by atoms with Crippen molar-refractivity contribution in [2.45, 2.75) is 0 Å². The van der Waals surface area contributed by atoms with Crippen LogP contribution < -0.4 is 20.8 Å². The van der Waals surface area contributed by atoms with E-state index in [4.69, 9.17) is 27.9 Å². The molecule has 0 saturated carbocycles. The molecule has 0 saturated heterocycles. The minimum Gasteiger partial charge on any atom is -0.495 e. The Morgan fingerprint density at radius 1 is 0.824 bits per heavy atom. The molecule has 3 N–H and O–H groups in total. The molecule has 0 aliphatic carbocycles. The van der Waals surface area contributed by atoms with Crippen LogP contribution in [0.5, 0.6) is 5.75 Å². The van der Waals surface area contributed by atoms with Gasteiger partial charge in [0.1, 0.15) is 11.4 Å². The predicted octanol–water partition coefficient (Wildman–Crippen LogP) is 4.92. The summed E-state index contributed by atoms with van der Waals surface area (Å²) in [6, 6.07) is 19.7. The molecule has 1 aromatic heterocycles. The van der Waals surface area contributed by atoms with E-state index in [-0.39, 0.29) is 5.69 Å². The van der Waals surface area contributed by atoms with Gasteiger partial charge in [-0.05, 0) is 54.6 Å². The summed E-state index contributed by atoms with van der Waals surface area (Å²) in [6.07, 6.45) is 0. The number of nitrogens with zero attached hydrogens (tertiary/aromatic N) is 1. The van der Waals surface area contributed by atoms with Crippen molar-refractivity contribution in [3.8, 4) is 5.75 Å². The number of halogens is 2. The number of fused-ring (bicyclic) bond motifs is 1. The molecule has 0 aliphatic heterocycles. The highest BCUT2D eigenvalue weighted by Crippen LogP contribution is 2.25. The van der Waals surface area contributed by atoms with Crippen molar-refractivity contribution in [3.05, 3.63) is 88.5 Å². The quantitative estimate of drug-likeness (QED) is 0.341. The Hall–Kier alpha value is -4.01. The van der Waals surface area contributed by atoms with Crippen LogP contribution in [0.25, 0.3) is 10.9 Å². The first-order valence-electron chi connectivity index (χ1n) is 9.99. The second-order valence-electron chi connectivity index (χ2n) is 7.13. The first-order chi connectivity index (χ1) is 16.4. The largest absolute Gasteiger partial charge is 0.495 e. The second-order valence-corrected chi connectivity index (χ2v) is 8.00. The summed E-state index contributed by atoms with van der Waals surface area (Å²) in [4.78, 5) is 38.4. The number of nitrogens with one attached hydrogen (secondary N) is 3. The highest BCUT2D eigenvalue weighted by Gasteiger charge is 2.22. The van der Waals surface area contributed by atoms with Crippen LogP contribution >= 0.6 is 23.2 Å². The van der Waals surface area contributed by atoms with Gasteiger partial charge in [-0.1, -0.05) is 41.4 Å². The van der Waals surface area contributed by atoms with Gasteiger partial charge in [0.25, 0.3) is 5.91 Å². The summed E-state index contributed by atoms with van der Waals surface area (Å²) < 4.78 is 6.42. The molecule has 0 atom stereocenters. The smallest absolute Gasteiger partial charge is 0.328 e. The van der Waals surface area contributed by atoms with E-state index in [2.05, 4.69) is 16.1 Å². The van der Waals surface area contributed by atoms with Crippen molar-refractivity contribution in [2.75, 3.05) is 23.2 Å². The maximum Gasteiger partial charge on any atom is 0.328 e. The molecule has 0 aliphatic rings. The van der Waals surface area contributed by atoms with Gasteiger partial charge in [-0.2, -0.15) is 0 Å². The van der Waals surface area contributed by atoms with Gasteiger partial charge in [0, 0.05) is 21.1 Å². The van der Waals surface area contributed by atoms with Crippen LogP contribution in [0.3, 0.4) is 0 Å². The summed E-state index contributed by atoms with van der Waals surface area (Å²) in [5.74, 6) is -2.07. The fraction of sp³-hybridized carbons (Fsp3) is 0.0417. The molecular weight excluding hydrogens is 479 g/mol. The number of ether oxygens (including phenoxy) is 1. The molecule has 3 aromatic carbocycles. The van der Waals surface area contributed by atoms with E-state index in [1.54, 1.807) is 72.8 Å². The minimum atomic E-state index is -0.991. The lowest BCUT2D eigenvalue weighted by atomic mass is 10.2. The molecule has 0 spiro atoms. The number of rotatable bonds is 5. The zero-order chi connectivity index (χ0) is 24.2. The van der Waals surface area contributed by atoms with Crippen LogP contribution in [-0.4, -0.2) is 29.5 Å². The van der Waals surface area contributed by atoms with Crippen molar-refractivity contribution in [3.63, 3.8) is 0 Å². The summed E-state index contributed by atoms with van der Waals surface area (Å²) in [5.41, 5.74) is 3.83. The van der Waals surface area contributed by atoms with Crippen LogP contribution in [0.1, 0.15) is 10.5 Å². The number of anilines is 2. The predicted molar refractivity (Wildman–Crippen MR) is 132 cm³/mol.